The van der Waals surface area contributed by atoms with E-state index in [-0.39, 0.29) is 12.5 Å². The number of nitrogens with one attached hydrogen (secondary N) is 2. The van der Waals surface area contributed by atoms with Gasteiger partial charge in [0.15, 0.2) is 0 Å². The molecule has 16 heavy (non-hydrogen) atoms. The molecule has 90 valence electrons. The quantitative estimate of drug-likeness (QED) is 0.700. The second-order valence-electron chi connectivity index (χ2n) is 4.93. The highest BCUT2D eigenvalue weighted by atomic mass is 16.1. The molecule has 0 heterocycles. The van der Waals surface area contributed by atoms with Crippen molar-refractivity contribution in [3.8, 4) is 6.07 Å². The molecule has 0 aromatic rings. The summed E-state index contributed by atoms with van der Waals surface area (Å²) in [6.45, 7) is 4.95. The number of amides is 1. The molecule has 1 fully saturated rings. The van der Waals surface area contributed by atoms with Crippen molar-refractivity contribution in [1.82, 2.24) is 10.6 Å². The average Bonchev–Trinajstić information content (AvgIpc) is 2.22. The lowest BCUT2D eigenvalue weighted by Gasteiger charge is -2.31. The average molecular weight is 223 g/mol. The largest absolute Gasteiger partial charge is 0.342 e. The van der Waals surface area contributed by atoms with Crippen molar-refractivity contribution in [2.24, 2.45) is 11.8 Å². The minimum absolute atomic E-state index is 0.0903. The van der Waals surface area contributed by atoms with E-state index in [2.05, 4.69) is 24.5 Å². The third-order valence-corrected chi connectivity index (χ3v) is 3.09. The van der Waals surface area contributed by atoms with Gasteiger partial charge in [0, 0.05) is 6.04 Å². The Morgan fingerprint density at radius 3 is 2.50 bits per heavy atom. The van der Waals surface area contributed by atoms with Crippen LogP contribution in [0, 0.1) is 23.2 Å². The molecule has 0 spiro atoms. The summed E-state index contributed by atoms with van der Waals surface area (Å²) < 4.78 is 0. The van der Waals surface area contributed by atoms with Crippen molar-refractivity contribution in [2.45, 2.75) is 39.2 Å². The number of nitriles is 1. The zero-order chi connectivity index (χ0) is 12.0. The molecule has 0 radical (unpaired) electrons. The molecule has 1 aliphatic rings. The van der Waals surface area contributed by atoms with Gasteiger partial charge in [-0.15, -0.1) is 0 Å². The first-order chi connectivity index (χ1) is 7.61. The molecule has 0 aromatic carbocycles. The number of carbonyl (C=O) groups is 1. The maximum absolute atomic E-state index is 11.3. The SMILES string of the molecule is CC1CC(C)CC(NCC(=O)NCC#N)C1. The second-order valence-corrected chi connectivity index (χ2v) is 4.93. The Balaban J connectivity index is 2.22. The Kier molecular flexibility index (Phi) is 5.27. The zero-order valence-corrected chi connectivity index (χ0v) is 10.1. The molecule has 2 atom stereocenters. The van der Waals surface area contributed by atoms with Crippen LogP contribution < -0.4 is 10.6 Å². The van der Waals surface area contributed by atoms with Crippen LogP contribution in [0.1, 0.15) is 33.1 Å². The molecule has 0 aromatic heterocycles. The van der Waals surface area contributed by atoms with Crippen molar-refractivity contribution >= 4 is 5.91 Å². The van der Waals surface area contributed by atoms with E-state index in [0.29, 0.717) is 12.6 Å². The molecular weight excluding hydrogens is 202 g/mol. The maximum atomic E-state index is 11.3. The number of hydrogen-bond donors (Lipinski definition) is 2. The highest BCUT2D eigenvalue weighted by molar-refractivity contribution is 5.78. The fourth-order valence-electron chi connectivity index (χ4n) is 2.55. The van der Waals surface area contributed by atoms with E-state index >= 15 is 0 Å². The van der Waals surface area contributed by atoms with Crippen LogP contribution in [0.15, 0.2) is 0 Å². The van der Waals surface area contributed by atoms with Gasteiger partial charge in [-0.25, -0.2) is 0 Å². The third kappa shape index (κ3) is 4.63. The lowest BCUT2D eigenvalue weighted by molar-refractivity contribution is -0.120. The smallest absolute Gasteiger partial charge is 0.234 e. The predicted octanol–water partition coefficient (Wildman–Crippen LogP) is 1.04. The van der Waals surface area contributed by atoms with Crippen LogP contribution in [-0.4, -0.2) is 25.0 Å². The summed E-state index contributed by atoms with van der Waals surface area (Å²) >= 11 is 0. The van der Waals surface area contributed by atoms with Gasteiger partial charge >= 0.3 is 0 Å². The molecule has 0 saturated heterocycles. The predicted molar refractivity (Wildman–Crippen MR) is 62.6 cm³/mol. The summed E-state index contributed by atoms with van der Waals surface area (Å²) in [4.78, 5) is 11.3. The summed E-state index contributed by atoms with van der Waals surface area (Å²) in [6.07, 6.45) is 3.59. The number of nitrogens with zero attached hydrogens (tertiary/aromatic N) is 1. The first-order valence-corrected chi connectivity index (χ1v) is 5.98. The molecule has 2 N–H and O–H groups in total. The Bertz CT molecular complexity index is 262. The molecule has 1 rings (SSSR count). The van der Waals surface area contributed by atoms with Gasteiger partial charge in [0.05, 0.1) is 12.6 Å². The summed E-state index contributed by atoms with van der Waals surface area (Å²) in [5.41, 5.74) is 0. The molecule has 4 heteroatoms. The van der Waals surface area contributed by atoms with E-state index in [1.165, 1.54) is 6.42 Å². The monoisotopic (exact) mass is 223 g/mol. The number of hydrogen-bond acceptors (Lipinski definition) is 3. The van der Waals surface area contributed by atoms with Gasteiger partial charge in [0.2, 0.25) is 5.91 Å². The molecule has 0 aliphatic heterocycles. The van der Waals surface area contributed by atoms with Gasteiger partial charge in [0.25, 0.3) is 0 Å². The number of carbonyl (C=O) groups excluding carboxylic acids is 1. The lowest BCUT2D eigenvalue weighted by Crippen LogP contribution is -2.42. The first-order valence-electron chi connectivity index (χ1n) is 5.98. The Hall–Kier alpha value is -1.08. The van der Waals surface area contributed by atoms with E-state index in [1.54, 1.807) is 0 Å². The fraction of sp³-hybridized carbons (Fsp3) is 0.833. The van der Waals surface area contributed by atoms with Crippen LogP contribution in [0.25, 0.3) is 0 Å². The van der Waals surface area contributed by atoms with Crippen molar-refractivity contribution in [3.05, 3.63) is 0 Å². The first kappa shape index (κ1) is 13.0. The van der Waals surface area contributed by atoms with Crippen LogP contribution in [-0.2, 0) is 4.79 Å². The summed E-state index contributed by atoms with van der Waals surface area (Å²) in [5.74, 6) is 1.39. The summed E-state index contributed by atoms with van der Waals surface area (Å²) in [7, 11) is 0. The van der Waals surface area contributed by atoms with E-state index < -0.39 is 0 Å². The molecule has 4 nitrogen and oxygen atoms in total. The van der Waals surface area contributed by atoms with Gasteiger partial charge < -0.3 is 10.6 Å². The molecule has 2 unspecified atom stereocenters. The zero-order valence-electron chi connectivity index (χ0n) is 10.1. The van der Waals surface area contributed by atoms with Gasteiger partial charge in [-0.1, -0.05) is 13.8 Å². The third-order valence-electron chi connectivity index (χ3n) is 3.09. The Morgan fingerprint density at radius 1 is 1.31 bits per heavy atom. The van der Waals surface area contributed by atoms with Gasteiger partial charge in [0.1, 0.15) is 6.54 Å². The number of rotatable bonds is 4. The van der Waals surface area contributed by atoms with Gasteiger partial charge in [-0.3, -0.25) is 4.79 Å². The molecule has 1 amide bonds. The molecule has 0 bridgehead atoms. The van der Waals surface area contributed by atoms with Crippen LogP contribution in [0.3, 0.4) is 0 Å². The van der Waals surface area contributed by atoms with Gasteiger partial charge in [-0.05, 0) is 31.1 Å². The Labute approximate surface area is 97.4 Å². The maximum Gasteiger partial charge on any atom is 0.234 e. The molecular formula is C12H21N3O. The van der Waals surface area contributed by atoms with Crippen molar-refractivity contribution < 1.29 is 4.79 Å². The molecule has 1 aliphatic carbocycles. The van der Waals surface area contributed by atoms with E-state index in [4.69, 9.17) is 5.26 Å². The topological polar surface area (TPSA) is 64.9 Å². The Morgan fingerprint density at radius 2 is 1.94 bits per heavy atom. The van der Waals surface area contributed by atoms with E-state index in [1.807, 2.05) is 6.07 Å². The second kappa shape index (κ2) is 6.49. The minimum Gasteiger partial charge on any atom is -0.342 e. The molecule has 1 saturated carbocycles. The fourth-order valence-corrected chi connectivity index (χ4v) is 2.55. The van der Waals surface area contributed by atoms with E-state index in [9.17, 15) is 4.79 Å². The summed E-state index contributed by atoms with van der Waals surface area (Å²) in [6, 6.07) is 2.34. The standard InChI is InChI=1S/C12H21N3O/c1-9-5-10(2)7-11(6-9)15-8-12(16)14-4-3-13/h9-11,15H,4-8H2,1-2H3,(H,14,16). The van der Waals surface area contributed by atoms with Crippen LogP contribution >= 0.6 is 0 Å². The van der Waals surface area contributed by atoms with Crippen LogP contribution in [0.4, 0.5) is 0 Å². The van der Waals surface area contributed by atoms with Crippen molar-refractivity contribution in [2.75, 3.05) is 13.1 Å². The van der Waals surface area contributed by atoms with Gasteiger partial charge in [-0.2, -0.15) is 5.26 Å². The highest BCUT2D eigenvalue weighted by Gasteiger charge is 2.23. The normalized spacial score (nSPS) is 29.4. The minimum atomic E-state index is -0.0903. The van der Waals surface area contributed by atoms with Crippen molar-refractivity contribution in [1.29, 1.82) is 5.26 Å². The lowest BCUT2D eigenvalue weighted by atomic mass is 9.80. The highest BCUT2D eigenvalue weighted by Crippen LogP contribution is 2.28. The van der Waals surface area contributed by atoms with E-state index in [0.717, 1.165) is 24.7 Å². The van der Waals surface area contributed by atoms with Crippen LogP contribution in [0.2, 0.25) is 0 Å². The summed E-state index contributed by atoms with van der Waals surface area (Å²) in [5, 5.41) is 14.1. The van der Waals surface area contributed by atoms with Crippen molar-refractivity contribution in [3.63, 3.8) is 0 Å². The van der Waals surface area contributed by atoms with Crippen LogP contribution in [0.5, 0.6) is 0 Å².